The fraction of sp³-hybridized carbons (Fsp3) is 0.500. The van der Waals surface area contributed by atoms with Crippen LogP contribution >= 0.6 is 0 Å². The van der Waals surface area contributed by atoms with E-state index < -0.39 is 8.32 Å². The van der Waals surface area contributed by atoms with Crippen molar-refractivity contribution in [1.82, 2.24) is 4.98 Å². The highest BCUT2D eigenvalue weighted by Crippen LogP contribution is 2.39. The first-order valence-electron chi connectivity index (χ1n) is 7.04. The number of aromatic amines is 1. The van der Waals surface area contributed by atoms with Crippen molar-refractivity contribution in [3.63, 3.8) is 0 Å². The number of benzene rings is 1. The molecule has 0 aliphatic carbocycles. The van der Waals surface area contributed by atoms with Gasteiger partial charge in [0.1, 0.15) is 5.75 Å². The molecule has 0 spiro atoms. The smallest absolute Gasteiger partial charge is 0.250 e. The lowest BCUT2D eigenvalue weighted by atomic mass is 10.2. The largest absolute Gasteiger partial charge is 0.543 e. The highest BCUT2D eigenvalue weighted by atomic mass is 28.4. The normalized spacial score (nSPS) is 12.9. The number of rotatable bonds is 3. The molecule has 0 saturated carbocycles. The summed E-state index contributed by atoms with van der Waals surface area (Å²) in [6.45, 7) is 13.6. The third kappa shape index (κ3) is 2.71. The van der Waals surface area contributed by atoms with Crippen molar-refractivity contribution in [2.24, 2.45) is 0 Å². The third-order valence-electron chi connectivity index (χ3n) is 4.23. The van der Waals surface area contributed by atoms with Gasteiger partial charge in [0.05, 0.1) is 0 Å². The molecule has 0 unspecified atom stereocenters. The molecule has 0 amide bonds. The molecule has 1 heterocycles. The first-order valence-corrected chi connectivity index (χ1v) is 9.95. The molecular formula is C16H25NOSi. The van der Waals surface area contributed by atoms with Crippen LogP contribution in [0, 0.1) is 0 Å². The van der Waals surface area contributed by atoms with Gasteiger partial charge < -0.3 is 9.41 Å². The molecule has 0 aliphatic rings. The first kappa shape index (κ1) is 14.2. The molecule has 1 aromatic heterocycles. The van der Waals surface area contributed by atoms with Gasteiger partial charge >= 0.3 is 0 Å². The van der Waals surface area contributed by atoms with Gasteiger partial charge in [0.25, 0.3) is 8.32 Å². The maximum Gasteiger partial charge on any atom is 0.250 e. The molecule has 0 saturated heterocycles. The molecule has 104 valence electrons. The van der Waals surface area contributed by atoms with Crippen molar-refractivity contribution in [2.75, 3.05) is 0 Å². The maximum absolute atomic E-state index is 6.46. The van der Waals surface area contributed by atoms with Gasteiger partial charge in [-0.15, -0.1) is 0 Å². The van der Waals surface area contributed by atoms with Gasteiger partial charge in [0, 0.05) is 16.6 Å². The Morgan fingerprint density at radius 2 is 1.89 bits per heavy atom. The SMILES string of the molecule is CCc1cc2c(O[Si](C)(C)C(C)(C)C)cccc2[nH]1. The average molecular weight is 275 g/mol. The fourth-order valence-corrected chi connectivity index (χ4v) is 2.93. The Morgan fingerprint density at radius 1 is 1.21 bits per heavy atom. The van der Waals surface area contributed by atoms with E-state index in [1.165, 1.54) is 16.6 Å². The lowest BCUT2D eigenvalue weighted by Crippen LogP contribution is -2.43. The second kappa shape index (κ2) is 4.71. The molecule has 0 bridgehead atoms. The Bertz CT molecular complexity index is 578. The number of H-pyrrole nitrogens is 1. The zero-order valence-electron chi connectivity index (χ0n) is 12.9. The molecule has 2 nitrogen and oxygen atoms in total. The third-order valence-corrected chi connectivity index (χ3v) is 8.57. The molecule has 0 aliphatic heterocycles. The van der Waals surface area contributed by atoms with E-state index in [9.17, 15) is 0 Å². The monoisotopic (exact) mass is 275 g/mol. The van der Waals surface area contributed by atoms with Gasteiger partial charge in [-0.3, -0.25) is 0 Å². The molecule has 2 aromatic rings. The summed E-state index contributed by atoms with van der Waals surface area (Å²) in [5, 5.41) is 1.43. The minimum absolute atomic E-state index is 0.221. The Kier molecular flexibility index (Phi) is 3.52. The Hall–Kier alpha value is -1.22. The fourth-order valence-electron chi connectivity index (χ4n) is 1.89. The maximum atomic E-state index is 6.46. The van der Waals surface area contributed by atoms with Crippen LogP contribution in [0.2, 0.25) is 18.1 Å². The summed E-state index contributed by atoms with van der Waals surface area (Å²) < 4.78 is 6.46. The van der Waals surface area contributed by atoms with Crippen LogP contribution in [-0.4, -0.2) is 13.3 Å². The van der Waals surface area contributed by atoms with Gasteiger partial charge in [-0.25, -0.2) is 0 Å². The van der Waals surface area contributed by atoms with E-state index in [1.807, 2.05) is 0 Å². The standard InChI is InChI=1S/C16H25NOSi/c1-7-12-11-13-14(17-12)9-8-10-15(13)18-19(5,6)16(2,3)4/h8-11,17H,7H2,1-6H3. The van der Waals surface area contributed by atoms with Gasteiger partial charge in [-0.2, -0.15) is 0 Å². The highest BCUT2D eigenvalue weighted by Gasteiger charge is 2.39. The van der Waals surface area contributed by atoms with Crippen molar-refractivity contribution in [2.45, 2.75) is 52.2 Å². The zero-order valence-corrected chi connectivity index (χ0v) is 13.9. The van der Waals surface area contributed by atoms with E-state index in [0.29, 0.717) is 0 Å². The summed E-state index contributed by atoms with van der Waals surface area (Å²) in [5.74, 6) is 1.03. The summed E-state index contributed by atoms with van der Waals surface area (Å²) >= 11 is 0. The van der Waals surface area contributed by atoms with Gasteiger partial charge in [-0.05, 0) is 42.8 Å². The molecular weight excluding hydrogens is 250 g/mol. The molecule has 0 radical (unpaired) electrons. The number of hydrogen-bond acceptors (Lipinski definition) is 1. The van der Waals surface area contributed by atoms with Crippen LogP contribution in [0.5, 0.6) is 5.75 Å². The number of aromatic nitrogens is 1. The van der Waals surface area contributed by atoms with E-state index in [0.717, 1.165) is 12.2 Å². The second-order valence-corrected chi connectivity index (χ2v) is 11.5. The molecule has 1 aromatic carbocycles. The van der Waals surface area contributed by atoms with Crippen molar-refractivity contribution in [3.8, 4) is 5.75 Å². The van der Waals surface area contributed by atoms with Gasteiger partial charge in [0.15, 0.2) is 0 Å². The quantitative estimate of drug-likeness (QED) is 0.773. The molecule has 0 fully saturated rings. The van der Waals surface area contributed by atoms with Crippen LogP contribution in [-0.2, 0) is 6.42 Å². The predicted molar refractivity (Wildman–Crippen MR) is 85.5 cm³/mol. The van der Waals surface area contributed by atoms with Crippen molar-refractivity contribution < 1.29 is 4.43 Å². The van der Waals surface area contributed by atoms with Crippen molar-refractivity contribution in [1.29, 1.82) is 0 Å². The van der Waals surface area contributed by atoms with E-state index in [4.69, 9.17) is 4.43 Å². The topological polar surface area (TPSA) is 25.0 Å². The van der Waals surface area contributed by atoms with E-state index in [1.54, 1.807) is 0 Å². The van der Waals surface area contributed by atoms with Crippen molar-refractivity contribution >= 4 is 19.2 Å². The van der Waals surface area contributed by atoms with Crippen LogP contribution in [0.25, 0.3) is 10.9 Å². The number of aryl methyl sites for hydroxylation is 1. The van der Waals surface area contributed by atoms with Crippen molar-refractivity contribution in [3.05, 3.63) is 30.0 Å². The summed E-state index contributed by atoms with van der Waals surface area (Å²) in [6, 6.07) is 8.50. The van der Waals surface area contributed by atoms with Gasteiger partial charge in [0.2, 0.25) is 0 Å². The highest BCUT2D eigenvalue weighted by molar-refractivity contribution is 6.74. The summed E-state index contributed by atoms with van der Waals surface area (Å²) in [5.41, 5.74) is 2.44. The number of fused-ring (bicyclic) bond motifs is 1. The predicted octanol–water partition coefficient (Wildman–Crippen LogP) is 5.11. The molecule has 3 heteroatoms. The number of nitrogens with one attached hydrogen (secondary N) is 1. The zero-order chi connectivity index (χ0) is 14.3. The Morgan fingerprint density at radius 3 is 2.47 bits per heavy atom. The van der Waals surface area contributed by atoms with Crippen LogP contribution < -0.4 is 4.43 Å². The lowest BCUT2D eigenvalue weighted by molar-refractivity contribution is 0.496. The Labute approximate surface area is 117 Å². The molecule has 1 N–H and O–H groups in total. The summed E-state index contributed by atoms with van der Waals surface area (Å²) in [7, 11) is -1.78. The summed E-state index contributed by atoms with van der Waals surface area (Å²) in [6.07, 6.45) is 1.02. The molecule has 2 rings (SSSR count). The minimum atomic E-state index is -1.78. The Balaban J connectivity index is 2.43. The van der Waals surface area contributed by atoms with Crippen LogP contribution in [0.4, 0.5) is 0 Å². The second-order valence-electron chi connectivity index (χ2n) is 6.73. The van der Waals surface area contributed by atoms with Gasteiger partial charge in [-0.1, -0.05) is 33.8 Å². The molecule has 0 atom stereocenters. The average Bonchev–Trinajstić information content (AvgIpc) is 2.71. The first-order chi connectivity index (χ1) is 8.74. The van der Waals surface area contributed by atoms with E-state index >= 15 is 0 Å². The lowest BCUT2D eigenvalue weighted by Gasteiger charge is -2.36. The number of hydrogen-bond donors (Lipinski definition) is 1. The van der Waals surface area contributed by atoms with Crippen LogP contribution in [0.1, 0.15) is 33.4 Å². The van der Waals surface area contributed by atoms with Crippen LogP contribution in [0.15, 0.2) is 24.3 Å². The van der Waals surface area contributed by atoms with E-state index in [-0.39, 0.29) is 5.04 Å². The van der Waals surface area contributed by atoms with E-state index in [2.05, 4.69) is 70.0 Å². The summed E-state index contributed by atoms with van der Waals surface area (Å²) in [4.78, 5) is 3.45. The molecule has 19 heavy (non-hydrogen) atoms. The van der Waals surface area contributed by atoms with Crippen LogP contribution in [0.3, 0.4) is 0 Å². The minimum Gasteiger partial charge on any atom is -0.543 e.